The molecule has 1 aromatic carbocycles. The normalized spacial score (nSPS) is 12.3. The smallest absolute Gasteiger partial charge is 0.335 e. The Morgan fingerprint density at radius 2 is 2.15 bits per heavy atom. The first-order valence-corrected chi connectivity index (χ1v) is 6.57. The van der Waals surface area contributed by atoms with Crippen molar-refractivity contribution < 1.29 is 15.0 Å². The summed E-state index contributed by atoms with van der Waals surface area (Å²) in [7, 11) is 0. The zero-order valence-electron chi connectivity index (χ0n) is 11.6. The highest BCUT2D eigenvalue weighted by atomic mass is 16.4. The summed E-state index contributed by atoms with van der Waals surface area (Å²) in [4.78, 5) is 15.4. The van der Waals surface area contributed by atoms with Crippen LogP contribution in [0, 0.1) is 6.92 Å². The molecular formula is C15H18N2O3. The van der Waals surface area contributed by atoms with Crippen molar-refractivity contribution in [3.63, 3.8) is 0 Å². The first kappa shape index (κ1) is 14.3. The molecule has 0 fully saturated rings. The van der Waals surface area contributed by atoms with Gasteiger partial charge < -0.3 is 15.5 Å². The minimum absolute atomic E-state index is 0.0286. The Bertz CT molecular complexity index is 636. The van der Waals surface area contributed by atoms with Gasteiger partial charge in [-0.25, -0.2) is 4.79 Å². The highest BCUT2D eigenvalue weighted by molar-refractivity contribution is 5.97. The van der Waals surface area contributed by atoms with Crippen LogP contribution in [0.4, 0.5) is 5.69 Å². The molecule has 2 aromatic rings. The molecule has 3 N–H and O–H groups in total. The number of anilines is 1. The van der Waals surface area contributed by atoms with E-state index in [1.165, 1.54) is 0 Å². The van der Waals surface area contributed by atoms with Crippen LogP contribution in [0.5, 0.6) is 0 Å². The summed E-state index contributed by atoms with van der Waals surface area (Å²) in [6.07, 6.45) is 0.798. The van der Waals surface area contributed by atoms with E-state index in [0.29, 0.717) is 5.52 Å². The Balaban J connectivity index is 2.51. The Hall–Kier alpha value is -2.14. The average Bonchev–Trinajstić information content (AvgIpc) is 2.43. The molecule has 0 unspecified atom stereocenters. The number of hydrogen-bond acceptors (Lipinski definition) is 4. The molecule has 0 aliphatic rings. The predicted octanol–water partition coefficient (Wildman–Crippen LogP) is 2.42. The number of carboxylic acid groups (broad SMARTS) is 1. The highest BCUT2D eigenvalue weighted by Gasteiger charge is 2.11. The van der Waals surface area contributed by atoms with Gasteiger partial charge in [-0.3, -0.25) is 4.98 Å². The summed E-state index contributed by atoms with van der Waals surface area (Å²) in [5.74, 6) is -0.966. The molecule has 0 amide bonds. The molecule has 0 bridgehead atoms. The Morgan fingerprint density at radius 1 is 1.40 bits per heavy atom. The number of rotatable bonds is 5. The van der Waals surface area contributed by atoms with E-state index in [2.05, 4.69) is 10.3 Å². The molecule has 0 radical (unpaired) electrons. The number of carbonyl (C=O) groups is 1. The quantitative estimate of drug-likeness (QED) is 0.780. The van der Waals surface area contributed by atoms with Crippen molar-refractivity contribution in [2.24, 2.45) is 0 Å². The number of pyridine rings is 1. The van der Waals surface area contributed by atoms with Crippen molar-refractivity contribution in [3.05, 3.63) is 35.5 Å². The number of aryl methyl sites for hydroxylation is 1. The minimum atomic E-state index is -0.966. The lowest BCUT2D eigenvalue weighted by molar-refractivity contribution is 0.0697. The van der Waals surface area contributed by atoms with Crippen molar-refractivity contribution in [2.45, 2.75) is 26.3 Å². The van der Waals surface area contributed by atoms with Gasteiger partial charge >= 0.3 is 5.97 Å². The van der Waals surface area contributed by atoms with Gasteiger partial charge in [-0.15, -0.1) is 0 Å². The number of aliphatic hydroxyl groups is 1. The number of carboxylic acids is 1. The first-order chi connectivity index (χ1) is 9.55. The maximum atomic E-state index is 11.0. The van der Waals surface area contributed by atoms with Crippen molar-refractivity contribution in [1.29, 1.82) is 0 Å². The third-order valence-corrected chi connectivity index (χ3v) is 3.26. The number of nitrogens with zero attached hydrogens (tertiary/aromatic N) is 1. The van der Waals surface area contributed by atoms with E-state index in [0.717, 1.165) is 23.2 Å². The van der Waals surface area contributed by atoms with Crippen LogP contribution in [0.2, 0.25) is 0 Å². The fourth-order valence-corrected chi connectivity index (χ4v) is 2.11. The van der Waals surface area contributed by atoms with Crippen molar-refractivity contribution in [2.75, 3.05) is 11.9 Å². The van der Waals surface area contributed by atoms with Crippen LogP contribution in [0.25, 0.3) is 10.9 Å². The maximum absolute atomic E-state index is 11.0. The highest BCUT2D eigenvalue weighted by Crippen LogP contribution is 2.25. The zero-order valence-corrected chi connectivity index (χ0v) is 11.6. The van der Waals surface area contributed by atoms with Gasteiger partial charge in [-0.2, -0.15) is 0 Å². The van der Waals surface area contributed by atoms with E-state index in [1.54, 1.807) is 18.2 Å². The van der Waals surface area contributed by atoms with Crippen LogP contribution in [0.1, 0.15) is 29.4 Å². The van der Waals surface area contributed by atoms with Gasteiger partial charge in [0.1, 0.15) is 0 Å². The van der Waals surface area contributed by atoms with Gasteiger partial charge in [0, 0.05) is 22.8 Å². The molecule has 1 heterocycles. The third kappa shape index (κ3) is 2.88. The maximum Gasteiger partial charge on any atom is 0.335 e. The third-order valence-electron chi connectivity index (χ3n) is 3.26. The van der Waals surface area contributed by atoms with E-state index >= 15 is 0 Å². The lowest BCUT2D eigenvalue weighted by atomic mass is 10.1. The van der Waals surface area contributed by atoms with E-state index in [9.17, 15) is 9.90 Å². The van der Waals surface area contributed by atoms with Gasteiger partial charge in [0.15, 0.2) is 0 Å². The molecule has 0 aliphatic carbocycles. The zero-order chi connectivity index (χ0) is 14.7. The SMILES string of the molecule is CC[C@@H](CO)Nc1cc(C)nc2cc(C(=O)O)ccc12. The van der Waals surface area contributed by atoms with Crippen molar-refractivity contribution in [3.8, 4) is 0 Å². The number of aromatic nitrogens is 1. The second-order valence-electron chi connectivity index (χ2n) is 4.78. The monoisotopic (exact) mass is 274 g/mol. The van der Waals surface area contributed by atoms with Gasteiger partial charge in [0.05, 0.1) is 17.7 Å². The number of benzene rings is 1. The topological polar surface area (TPSA) is 82.5 Å². The summed E-state index contributed by atoms with van der Waals surface area (Å²) in [6, 6.07) is 6.75. The van der Waals surface area contributed by atoms with Crippen LogP contribution in [-0.2, 0) is 0 Å². The lowest BCUT2D eigenvalue weighted by Crippen LogP contribution is -2.22. The molecule has 1 aromatic heterocycles. The molecular weight excluding hydrogens is 256 g/mol. The molecule has 5 heteroatoms. The minimum Gasteiger partial charge on any atom is -0.478 e. The molecule has 0 spiro atoms. The standard InChI is InChI=1S/C15H18N2O3/c1-3-11(8-18)17-13-6-9(2)16-14-7-10(15(19)20)4-5-12(13)14/h4-7,11,18H,3,8H2,1-2H3,(H,16,17)(H,19,20)/t11-/m0/s1. The summed E-state index contributed by atoms with van der Waals surface area (Å²) in [6.45, 7) is 3.90. The molecule has 106 valence electrons. The van der Waals surface area contributed by atoms with Crippen molar-refractivity contribution >= 4 is 22.6 Å². The van der Waals surface area contributed by atoms with E-state index in [1.807, 2.05) is 19.9 Å². The van der Waals surface area contributed by atoms with Crippen molar-refractivity contribution in [1.82, 2.24) is 4.98 Å². The number of fused-ring (bicyclic) bond motifs is 1. The molecule has 0 saturated carbocycles. The summed E-state index contributed by atoms with van der Waals surface area (Å²) >= 11 is 0. The Kier molecular flexibility index (Phi) is 4.20. The van der Waals surface area contributed by atoms with Crippen LogP contribution >= 0.6 is 0 Å². The van der Waals surface area contributed by atoms with Gasteiger partial charge in [-0.05, 0) is 37.6 Å². The number of nitrogens with one attached hydrogen (secondary N) is 1. The van der Waals surface area contributed by atoms with Crippen LogP contribution in [0.15, 0.2) is 24.3 Å². The van der Waals surface area contributed by atoms with Crippen LogP contribution < -0.4 is 5.32 Å². The lowest BCUT2D eigenvalue weighted by Gasteiger charge is -2.17. The van der Waals surface area contributed by atoms with E-state index in [4.69, 9.17) is 5.11 Å². The molecule has 1 atom stereocenters. The van der Waals surface area contributed by atoms with Gasteiger partial charge in [-0.1, -0.05) is 6.92 Å². The second-order valence-corrected chi connectivity index (χ2v) is 4.78. The fraction of sp³-hybridized carbons (Fsp3) is 0.333. The van der Waals surface area contributed by atoms with Crippen LogP contribution in [0.3, 0.4) is 0 Å². The fourth-order valence-electron chi connectivity index (χ4n) is 2.11. The predicted molar refractivity (Wildman–Crippen MR) is 78.2 cm³/mol. The average molecular weight is 274 g/mol. The molecule has 0 aliphatic heterocycles. The summed E-state index contributed by atoms with van der Waals surface area (Å²) in [5.41, 5.74) is 2.52. The molecule has 2 rings (SSSR count). The van der Waals surface area contributed by atoms with E-state index < -0.39 is 5.97 Å². The second kappa shape index (κ2) is 5.88. The molecule has 0 saturated heterocycles. The summed E-state index contributed by atoms with van der Waals surface area (Å²) in [5, 5.41) is 22.4. The number of aliphatic hydroxyl groups excluding tert-OH is 1. The first-order valence-electron chi connectivity index (χ1n) is 6.57. The number of hydrogen-bond donors (Lipinski definition) is 3. The Morgan fingerprint density at radius 3 is 2.75 bits per heavy atom. The van der Waals surface area contributed by atoms with E-state index in [-0.39, 0.29) is 18.2 Å². The summed E-state index contributed by atoms with van der Waals surface area (Å²) < 4.78 is 0. The molecule has 20 heavy (non-hydrogen) atoms. The van der Waals surface area contributed by atoms with Crippen LogP contribution in [-0.4, -0.2) is 33.8 Å². The molecule has 5 nitrogen and oxygen atoms in total. The number of aromatic carboxylic acids is 1. The van der Waals surface area contributed by atoms with Gasteiger partial charge in [0.25, 0.3) is 0 Å². The van der Waals surface area contributed by atoms with Gasteiger partial charge in [0.2, 0.25) is 0 Å². The Labute approximate surface area is 117 Å². The largest absolute Gasteiger partial charge is 0.478 e.